The van der Waals surface area contributed by atoms with Gasteiger partial charge in [0.1, 0.15) is 5.75 Å². The smallest absolute Gasteiger partial charge is 0.251 e. The average molecular weight is 608 g/mol. The van der Waals surface area contributed by atoms with Crippen molar-refractivity contribution in [2.45, 2.75) is 103 Å². The zero-order chi connectivity index (χ0) is 31.5. The third kappa shape index (κ3) is 6.38. The maximum Gasteiger partial charge on any atom is 0.251 e. The van der Waals surface area contributed by atoms with Crippen molar-refractivity contribution in [3.05, 3.63) is 65.2 Å². The van der Waals surface area contributed by atoms with Crippen LogP contribution in [0, 0.1) is 0 Å². The Morgan fingerprint density at radius 3 is 2.49 bits per heavy atom. The van der Waals surface area contributed by atoms with Gasteiger partial charge >= 0.3 is 0 Å². The minimum Gasteiger partial charge on any atom is -0.497 e. The third-order valence-corrected chi connectivity index (χ3v) is 10.8. The Kier molecular flexibility index (Phi) is 9.84. The Morgan fingerprint density at radius 2 is 1.78 bits per heavy atom. The van der Waals surface area contributed by atoms with Gasteiger partial charge in [-0.2, -0.15) is 0 Å². The summed E-state index contributed by atoms with van der Waals surface area (Å²) in [6, 6.07) is 13.9. The Labute approximate surface area is 270 Å². The highest BCUT2D eigenvalue weighted by atomic mass is 16.5. The monoisotopic (exact) mass is 607 g/mol. The van der Waals surface area contributed by atoms with Crippen LogP contribution in [-0.4, -0.2) is 59.6 Å². The fraction of sp³-hybridized carbons (Fsp3) is 0.525. The largest absolute Gasteiger partial charge is 0.497 e. The van der Waals surface area contributed by atoms with Crippen LogP contribution in [0.5, 0.6) is 5.75 Å². The molecule has 0 spiro atoms. The minimum absolute atomic E-state index is 0.183. The number of fused-ring (bicyclic) bond motifs is 5. The molecule has 1 atom stereocenters. The Balaban J connectivity index is 1.42. The molecule has 240 valence electrons. The molecule has 1 unspecified atom stereocenters. The highest BCUT2D eigenvalue weighted by molar-refractivity contribution is 6.02. The van der Waals surface area contributed by atoms with Crippen LogP contribution >= 0.6 is 0 Å². The lowest BCUT2D eigenvalue weighted by atomic mass is 9.89. The van der Waals surface area contributed by atoms with Gasteiger partial charge in [-0.3, -0.25) is 4.79 Å². The number of benzene rings is 2. The summed E-state index contributed by atoms with van der Waals surface area (Å²) in [5, 5.41) is 1.31. The third-order valence-electron chi connectivity index (χ3n) is 10.8. The van der Waals surface area contributed by atoms with E-state index in [0.29, 0.717) is 18.5 Å². The number of methoxy groups -OCH3 is 1. The summed E-state index contributed by atoms with van der Waals surface area (Å²) in [6.45, 7) is 15.9. The summed E-state index contributed by atoms with van der Waals surface area (Å²) >= 11 is 0. The lowest BCUT2D eigenvalue weighted by Gasteiger charge is -2.40. The lowest BCUT2D eigenvalue weighted by molar-refractivity contribution is -0.128. The van der Waals surface area contributed by atoms with Gasteiger partial charge in [0, 0.05) is 41.2 Å². The number of amides is 1. The zero-order valence-electron chi connectivity index (χ0n) is 28.2. The maximum atomic E-state index is 14.4. The van der Waals surface area contributed by atoms with Gasteiger partial charge in [-0.1, -0.05) is 65.2 Å². The molecule has 0 N–H and O–H groups in total. The molecule has 0 bridgehead atoms. The summed E-state index contributed by atoms with van der Waals surface area (Å²) in [5.41, 5.74) is 9.33. The molecule has 5 heteroatoms. The second-order valence-electron chi connectivity index (χ2n) is 13.7. The first-order valence-corrected chi connectivity index (χ1v) is 17.7. The van der Waals surface area contributed by atoms with Gasteiger partial charge in [0.25, 0.3) is 5.91 Å². The second kappa shape index (κ2) is 14.0. The van der Waals surface area contributed by atoms with E-state index < -0.39 is 0 Å². The van der Waals surface area contributed by atoms with Crippen molar-refractivity contribution in [3.63, 3.8) is 0 Å². The quantitative estimate of drug-likeness (QED) is 0.216. The molecule has 3 aliphatic rings. The van der Waals surface area contributed by atoms with Crippen molar-refractivity contribution in [2.75, 3.05) is 33.3 Å². The van der Waals surface area contributed by atoms with Gasteiger partial charge in [-0.25, -0.2) is 0 Å². The van der Waals surface area contributed by atoms with Crippen LogP contribution < -0.4 is 4.74 Å². The number of unbranched alkanes of at least 4 members (excludes halogenated alkanes) is 2. The summed E-state index contributed by atoms with van der Waals surface area (Å²) in [6.07, 6.45) is 14.1. The van der Waals surface area contributed by atoms with E-state index in [9.17, 15) is 4.79 Å². The highest BCUT2D eigenvalue weighted by Gasteiger charge is 2.32. The van der Waals surface area contributed by atoms with E-state index >= 15 is 0 Å². The van der Waals surface area contributed by atoms with Crippen LogP contribution in [0.3, 0.4) is 0 Å². The molecule has 2 fully saturated rings. The molecule has 0 aliphatic carbocycles. The molecule has 4 heterocycles. The van der Waals surface area contributed by atoms with Crippen molar-refractivity contribution < 1.29 is 9.53 Å². The number of carbonyl (C=O) groups is 1. The second-order valence-corrected chi connectivity index (χ2v) is 13.7. The SMILES string of the molecule is C=C(CC)c1ccc2c(C(C)CCCCC)c3n(c2c1)CC(C(=O)N1CCC(N2CCCCC2)CC1)=Cc1cc(OC)ccc1-3. The fourth-order valence-electron chi connectivity index (χ4n) is 8.06. The molecule has 1 amide bonds. The maximum absolute atomic E-state index is 14.4. The van der Waals surface area contributed by atoms with Gasteiger partial charge in [-0.15, -0.1) is 0 Å². The lowest BCUT2D eigenvalue weighted by Crippen LogP contribution is -2.48. The molecule has 5 nitrogen and oxygen atoms in total. The number of hydrogen-bond acceptors (Lipinski definition) is 3. The first kappa shape index (κ1) is 31.7. The standard InChI is InChI=1S/C40H53N3O2/c1-6-8-10-13-29(4)38-36-16-14-30(28(3)7-2)26-37(36)43-27-32(24-31-25-34(45-5)15-17-35(31)39(38)43)40(44)42-22-18-33(19-23-42)41-20-11-9-12-21-41/h14-17,24-26,29,33H,3,6-13,18-23,27H2,1-2,4-5H3. The molecular weight excluding hydrogens is 554 g/mol. The number of aromatic nitrogens is 1. The number of allylic oxidation sites excluding steroid dienone is 1. The number of likely N-dealkylation sites (tertiary alicyclic amines) is 2. The van der Waals surface area contributed by atoms with Crippen molar-refractivity contribution in [3.8, 4) is 17.0 Å². The predicted molar refractivity (Wildman–Crippen MR) is 189 cm³/mol. The van der Waals surface area contributed by atoms with Crippen molar-refractivity contribution in [1.82, 2.24) is 14.4 Å². The molecule has 6 rings (SSSR count). The minimum atomic E-state index is 0.183. The Bertz CT molecular complexity index is 1570. The van der Waals surface area contributed by atoms with E-state index in [4.69, 9.17) is 4.74 Å². The summed E-state index contributed by atoms with van der Waals surface area (Å²) < 4.78 is 8.16. The highest BCUT2D eigenvalue weighted by Crippen LogP contribution is 2.45. The van der Waals surface area contributed by atoms with Gasteiger partial charge in [0.15, 0.2) is 0 Å². The van der Waals surface area contributed by atoms with Gasteiger partial charge in [0.2, 0.25) is 0 Å². The van der Waals surface area contributed by atoms with E-state index in [-0.39, 0.29) is 5.91 Å². The normalized spacial score (nSPS) is 18.2. The number of carbonyl (C=O) groups excluding carboxylic acids is 1. The van der Waals surface area contributed by atoms with Crippen LogP contribution in [0.4, 0.5) is 0 Å². The van der Waals surface area contributed by atoms with Crippen LogP contribution in [0.2, 0.25) is 0 Å². The molecule has 3 aromatic rings. The zero-order valence-corrected chi connectivity index (χ0v) is 28.2. The van der Waals surface area contributed by atoms with Crippen molar-refractivity contribution in [2.24, 2.45) is 0 Å². The Morgan fingerprint density at radius 1 is 1.00 bits per heavy atom. The van der Waals surface area contributed by atoms with Gasteiger partial charge in [-0.05, 0) is 110 Å². The molecule has 3 aliphatic heterocycles. The van der Waals surface area contributed by atoms with E-state index in [1.165, 1.54) is 84.9 Å². The van der Waals surface area contributed by atoms with E-state index in [1.807, 2.05) is 0 Å². The number of nitrogens with zero attached hydrogens (tertiary/aromatic N) is 3. The van der Waals surface area contributed by atoms with Crippen LogP contribution in [0.25, 0.3) is 33.8 Å². The van der Waals surface area contributed by atoms with E-state index in [0.717, 1.165) is 61.2 Å². The predicted octanol–water partition coefficient (Wildman–Crippen LogP) is 9.30. The van der Waals surface area contributed by atoms with Crippen LogP contribution in [0.15, 0.2) is 48.6 Å². The first-order valence-electron chi connectivity index (χ1n) is 17.7. The fourth-order valence-corrected chi connectivity index (χ4v) is 8.06. The number of hydrogen-bond donors (Lipinski definition) is 0. The molecule has 0 saturated carbocycles. The first-order chi connectivity index (χ1) is 21.9. The molecule has 45 heavy (non-hydrogen) atoms. The summed E-state index contributed by atoms with van der Waals surface area (Å²) in [4.78, 5) is 19.2. The van der Waals surface area contributed by atoms with Gasteiger partial charge < -0.3 is 19.1 Å². The molecule has 2 aromatic carbocycles. The van der Waals surface area contributed by atoms with Crippen molar-refractivity contribution >= 4 is 28.5 Å². The van der Waals surface area contributed by atoms with Gasteiger partial charge in [0.05, 0.1) is 19.3 Å². The van der Waals surface area contributed by atoms with Crippen molar-refractivity contribution in [1.29, 1.82) is 0 Å². The molecule has 1 aromatic heterocycles. The van der Waals surface area contributed by atoms with E-state index in [2.05, 4.69) is 84.2 Å². The topological polar surface area (TPSA) is 37.7 Å². The molecule has 2 saturated heterocycles. The average Bonchev–Trinajstić information content (AvgIpc) is 3.30. The van der Waals surface area contributed by atoms with E-state index in [1.54, 1.807) is 7.11 Å². The summed E-state index contributed by atoms with van der Waals surface area (Å²) in [5.74, 6) is 1.40. The van der Waals surface area contributed by atoms with Crippen LogP contribution in [0.1, 0.15) is 108 Å². The van der Waals surface area contributed by atoms with Crippen LogP contribution in [-0.2, 0) is 11.3 Å². The number of piperidine rings is 2. The Hall–Kier alpha value is -3.31. The molecule has 0 radical (unpaired) electrons. The number of ether oxygens (including phenoxy) is 1. The number of rotatable bonds is 10. The molecular formula is C40H53N3O2. The summed E-state index contributed by atoms with van der Waals surface area (Å²) in [7, 11) is 1.72.